The van der Waals surface area contributed by atoms with E-state index in [1.54, 1.807) is 53.4 Å². The van der Waals surface area contributed by atoms with Crippen molar-refractivity contribution < 1.29 is 18.0 Å². The van der Waals surface area contributed by atoms with E-state index in [0.717, 1.165) is 17.7 Å². The lowest BCUT2D eigenvalue weighted by Crippen LogP contribution is -2.26. The van der Waals surface area contributed by atoms with Crippen LogP contribution in [0.1, 0.15) is 28.8 Å². The molecule has 0 aromatic heterocycles. The Hall–Kier alpha value is -3.65. The fourth-order valence-corrected chi connectivity index (χ4v) is 4.94. The molecule has 2 amide bonds. The van der Waals surface area contributed by atoms with E-state index in [9.17, 15) is 18.0 Å². The number of rotatable bonds is 6. The Morgan fingerprint density at radius 2 is 1.70 bits per heavy atom. The van der Waals surface area contributed by atoms with Crippen molar-refractivity contribution >= 4 is 38.9 Å². The van der Waals surface area contributed by atoms with Crippen molar-refractivity contribution in [2.45, 2.75) is 24.7 Å². The number of benzene rings is 3. The van der Waals surface area contributed by atoms with Gasteiger partial charge in [-0.25, -0.2) is 8.42 Å². The van der Waals surface area contributed by atoms with Crippen LogP contribution in [0.25, 0.3) is 0 Å². The molecule has 3 aromatic rings. The van der Waals surface area contributed by atoms with E-state index in [2.05, 4.69) is 5.32 Å². The van der Waals surface area contributed by atoms with Crippen molar-refractivity contribution in [3.05, 3.63) is 83.9 Å². The van der Waals surface area contributed by atoms with Gasteiger partial charge in [-0.3, -0.25) is 13.9 Å². The number of amides is 2. The largest absolute Gasteiger partial charge is 0.322 e. The topological polar surface area (TPSA) is 86.8 Å². The van der Waals surface area contributed by atoms with Crippen LogP contribution in [0.4, 0.5) is 17.1 Å². The number of carbonyl (C=O) groups excluding carboxylic acids is 2. The molecule has 3 aromatic carbocycles. The van der Waals surface area contributed by atoms with E-state index < -0.39 is 15.9 Å². The molecular weight excluding hydrogens is 438 g/mol. The van der Waals surface area contributed by atoms with Crippen molar-refractivity contribution in [3.63, 3.8) is 0 Å². The van der Waals surface area contributed by atoms with Crippen molar-refractivity contribution in [1.82, 2.24) is 0 Å². The maximum atomic E-state index is 13.1. The number of anilines is 3. The van der Waals surface area contributed by atoms with Crippen molar-refractivity contribution in [1.29, 1.82) is 0 Å². The Bertz CT molecular complexity index is 1290. The van der Waals surface area contributed by atoms with Gasteiger partial charge in [-0.2, -0.15) is 0 Å². The molecule has 7 nitrogen and oxygen atoms in total. The molecule has 0 aliphatic carbocycles. The van der Waals surface area contributed by atoms with Gasteiger partial charge in [0.1, 0.15) is 0 Å². The highest BCUT2D eigenvalue weighted by atomic mass is 32.2. The lowest BCUT2D eigenvalue weighted by molar-refractivity contribution is -0.117. The Morgan fingerprint density at radius 3 is 2.33 bits per heavy atom. The summed E-state index contributed by atoms with van der Waals surface area (Å²) < 4.78 is 27.4. The lowest BCUT2D eigenvalue weighted by Gasteiger charge is -2.20. The molecular formula is C25H25N3O4S. The van der Waals surface area contributed by atoms with Crippen LogP contribution in [0, 0.1) is 6.92 Å². The van der Waals surface area contributed by atoms with Crippen molar-refractivity contribution in [2.24, 2.45) is 0 Å². The summed E-state index contributed by atoms with van der Waals surface area (Å²) in [5.74, 6) is -0.324. The third-order valence-corrected chi connectivity index (χ3v) is 7.44. The molecule has 0 bridgehead atoms. The summed E-state index contributed by atoms with van der Waals surface area (Å²) in [7, 11) is -2.35. The first kappa shape index (κ1) is 22.5. The summed E-state index contributed by atoms with van der Waals surface area (Å²) in [6.45, 7) is 2.63. The van der Waals surface area contributed by atoms with Crippen LogP contribution in [0.2, 0.25) is 0 Å². The average molecular weight is 464 g/mol. The zero-order valence-corrected chi connectivity index (χ0v) is 19.3. The third-order valence-electron chi connectivity index (χ3n) is 5.66. The van der Waals surface area contributed by atoms with E-state index in [1.165, 1.54) is 23.5 Å². The van der Waals surface area contributed by atoms with Gasteiger partial charge in [-0.05, 0) is 67.9 Å². The molecule has 33 heavy (non-hydrogen) atoms. The van der Waals surface area contributed by atoms with Crippen LogP contribution < -0.4 is 14.5 Å². The summed E-state index contributed by atoms with van der Waals surface area (Å²) in [5.41, 5.74) is 3.14. The first-order valence-electron chi connectivity index (χ1n) is 10.6. The Kier molecular flexibility index (Phi) is 6.20. The Balaban J connectivity index is 1.50. The van der Waals surface area contributed by atoms with Crippen molar-refractivity contribution in [2.75, 3.05) is 28.1 Å². The minimum atomic E-state index is -3.84. The predicted molar refractivity (Wildman–Crippen MR) is 129 cm³/mol. The monoisotopic (exact) mass is 463 g/mol. The third kappa shape index (κ3) is 4.75. The second kappa shape index (κ2) is 9.07. The van der Waals surface area contributed by atoms with E-state index >= 15 is 0 Å². The van der Waals surface area contributed by atoms with Crippen LogP contribution >= 0.6 is 0 Å². The van der Waals surface area contributed by atoms with Gasteiger partial charge in [0.05, 0.1) is 10.6 Å². The standard InChI is InChI=1S/C25H25N3O4S/c1-18-8-12-21(13-9-18)27(2)33(31,32)23-6-3-5-19(17-23)25(30)26-20-10-14-22(15-11-20)28-16-4-7-24(28)29/h3,5-6,8-15,17H,4,7,16H2,1-2H3,(H,26,30). The van der Waals surface area contributed by atoms with Crippen LogP contribution in [0.15, 0.2) is 77.7 Å². The van der Waals surface area contributed by atoms with Gasteiger partial charge < -0.3 is 10.2 Å². The second-order valence-corrected chi connectivity index (χ2v) is 9.96. The maximum absolute atomic E-state index is 13.1. The molecule has 1 heterocycles. The number of nitrogens with one attached hydrogen (secondary N) is 1. The number of hydrogen-bond acceptors (Lipinski definition) is 4. The molecule has 1 aliphatic heterocycles. The van der Waals surface area contributed by atoms with Crippen LogP contribution in [0.5, 0.6) is 0 Å². The number of sulfonamides is 1. The molecule has 1 fully saturated rings. The molecule has 170 valence electrons. The first-order valence-corrected chi connectivity index (χ1v) is 12.1. The summed E-state index contributed by atoms with van der Waals surface area (Å²) in [6, 6.07) is 20.1. The molecule has 0 atom stereocenters. The number of carbonyl (C=O) groups is 2. The zero-order chi connectivity index (χ0) is 23.6. The quantitative estimate of drug-likeness (QED) is 0.594. The highest BCUT2D eigenvalue weighted by Crippen LogP contribution is 2.25. The molecule has 4 rings (SSSR count). The van der Waals surface area contributed by atoms with Gasteiger partial charge >= 0.3 is 0 Å². The molecule has 0 unspecified atom stereocenters. The van der Waals surface area contributed by atoms with E-state index in [4.69, 9.17) is 0 Å². The Morgan fingerprint density at radius 1 is 1.00 bits per heavy atom. The van der Waals surface area contributed by atoms with Crippen molar-refractivity contribution in [3.8, 4) is 0 Å². The second-order valence-electron chi connectivity index (χ2n) is 7.99. The molecule has 0 spiro atoms. The fraction of sp³-hybridized carbons (Fsp3) is 0.200. The molecule has 0 saturated carbocycles. The summed E-state index contributed by atoms with van der Waals surface area (Å²) in [5, 5.41) is 2.78. The van der Waals surface area contributed by atoms with Gasteiger partial charge in [0.2, 0.25) is 5.91 Å². The van der Waals surface area contributed by atoms with Gasteiger partial charge in [0.25, 0.3) is 15.9 Å². The van der Waals surface area contributed by atoms with Gasteiger partial charge in [0.15, 0.2) is 0 Å². The van der Waals surface area contributed by atoms with Gasteiger partial charge in [-0.15, -0.1) is 0 Å². The van der Waals surface area contributed by atoms with E-state index in [0.29, 0.717) is 24.3 Å². The smallest absolute Gasteiger partial charge is 0.264 e. The fourth-order valence-electron chi connectivity index (χ4n) is 3.70. The molecule has 1 saturated heterocycles. The van der Waals surface area contributed by atoms with Crippen LogP contribution in [0.3, 0.4) is 0 Å². The van der Waals surface area contributed by atoms with Crippen LogP contribution in [-0.2, 0) is 14.8 Å². The molecule has 1 N–H and O–H groups in total. The van der Waals surface area contributed by atoms with Gasteiger partial charge in [0, 0.05) is 37.0 Å². The normalized spacial score (nSPS) is 13.8. The number of aryl methyl sites for hydroxylation is 1. The summed E-state index contributed by atoms with van der Waals surface area (Å²) in [6.07, 6.45) is 1.40. The molecule has 1 aliphatic rings. The van der Waals surface area contributed by atoms with E-state index in [-0.39, 0.29) is 16.4 Å². The highest BCUT2D eigenvalue weighted by molar-refractivity contribution is 7.92. The molecule has 8 heteroatoms. The SMILES string of the molecule is Cc1ccc(N(C)S(=O)(=O)c2cccc(C(=O)Nc3ccc(N4CCCC4=O)cc3)c2)cc1. The molecule has 0 radical (unpaired) electrons. The van der Waals surface area contributed by atoms with E-state index in [1.807, 2.05) is 19.1 Å². The van der Waals surface area contributed by atoms with Crippen LogP contribution in [-0.4, -0.2) is 33.8 Å². The van der Waals surface area contributed by atoms with Gasteiger partial charge in [-0.1, -0.05) is 23.8 Å². The predicted octanol–water partition coefficient (Wildman–Crippen LogP) is 4.20. The minimum absolute atomic E-state index is 0.0288. The Labute approximate surface area is 193 Å². The minimum Gasteiger partial charge on any atom is -0.322 e. The number of nitrogens with zero attached hydrogens (tertiary/aromatic N) is 2. The lowest BCUT2D eigenvalue weighted by atomic mass is 10.2. The average Bonchev–Trinajstić information content (AvgIpc) is 3.25. The zero-order valence-electron chi connectivity index (χ0n) is 18.5. The highest BCUT2D eigenvalue weighted by Gasteiger charge is 2.23. The number of hydrogen-bond donors (Lipinski definition) is 1. The summed E-state index contributed by atoms with van der Waals surface area (Å²) in [4.78, 5) is 26.4. The maximum Gasteiger partial charge on any atom is 0.264 e. The first-order chi connectivity index (χ1) is 15.8. The summed E-state index contributed by atoms with van der Waals surface area (Å²) >= 11 is 0.